The number of hydrogen-bond donors (Lipinski definition) is 1. The Balaban J connectivity index is 2.32. The maximum atomic E-state index is 5.34. The minimum Gasteiger partial charge on any atom is -0.295 e. The standard InChI is InChI=1S/C13H15N5S/c1-13(2,3)18-11(15-16-12(18)19)9-8-14-17-7-5-4-6-10(9)17/h4-8H,1-3H3,(H,16,19). The third-order valence-electron chi connectivity index (χ3n) is 3.01. The molecular weight excluding hydrogens is 258 g/mol. The van der Waals surface area contributed by atoms with E-state index in [0.717, 1.165) is 16.9 Å². The Bertz CT molecular complexity index is 787. The lowest BCUT2D eigenvalue weighted by molar-refractivity contribution is 0.395. The fraction of sp³-hybridized carbons (Fsp3) is 0.308. The van der Waals surface area contributed by atoms with Crippen molar-refractivity contribution in [2.45, 2.75) is 26.3 Å². The molecule has 0 spiro atoms. The minimum absolute atomic E-state index is 0.136. The van der Waals surface area contributed by atoms with E-state index in [0.29, 0.717) is 4.77 Å². The molecule has 0 aromatic carbocycles. The average Bonchev–Trinajstić information content (AvgIpc) is 2.91. The molecule has 6 heteroatoms. The number of fused-ring (bicyclic) bond motifs is 1. The topological polar surface area (TPSA) is 50.9 Å². The van der Waals surface area contributed by atoms with Gasteiger partial charge in [0.25, 0.3) is 0 Å². The molecule has 3 heterocycles. The maximum absolute atomic E-state index is 5.34. The first-order valence-electron chi connectivity index (χ1n) is 6.09. The second kappa shape index (κ2) is 4.03. The number of nitrogens with one attached hydrogen (secondary N) is 1. The Morgan fingerprint density at radius 1 is 1.26 bits per heavy atom. The zero-order valence-corrected chi connectivity index (χ0v) is 11.9. The van der Waals surface area contributed by atoms with Crippen LogP contribution in [0.4, 0.5) is 0 Å². The number of aromatic nitrogens is 5. The van der Waals surface area contributed by atoms with Crippen LogP contribution in [0.1, 0.15) is 20.8 Å². The molecule has 0 unspecified atom stereocenters. The molecule has 0 atom stereocenters. The molecule has 0 aliphatic heterocycles. The molecule has 3 aromatic heterocycles. The highest BCUT2D eigenvalue weighted by Crippen LogP contribution is 2.27. The molecule has 0 bridgehead atoms. The molecule has 0 radical (unpaired) electrons. The van der Waals surface area contributed by atoms with Gasteiger partial charge >= 0.3 is 0 Å². The summed E-state index contributed by atoms with van der Waals surface area (Å²) in [6, 6.07) is 5.96. The van der Waals surface area contributed by atoms with Crippen molar-refractivity contribution >= 4 is 17.7 Å². The molecule has 0 saturated heterocycles. The molecule has 1 N–H and O–H groups in total. The zero-order valence-electron chi connectivity index (χ0n) is 11.1. The Morgan fingerprint density at radius 3 is 2.79 bits per heavy atom. The number of aromatic amines is 1. The normalized spacial score (nSPS) is 12.2. The van der Waals surface area contributed by atoms with Crippen molar-refractivity contribution in [3.05, 3.63) is 35.4 Å². The molecule has 3 aromatic rings. The highest BCUT2D eigenvalue weighted by atomic mass is 32.1. The molecule has 0 fully saturated rings. The first kappa shape index (κ1) is 12.1. The largest absolute Gasteiger partial charge is 0.295 e. The Hall–Kier alpha value is -1.95. The number of rotatable bonds is 1. The first-order valence-corrected chi connectivity index (χ1v) is 6.50. The molecule has 0 saturated carbocycles. The second-order valence-electron chi connectivity index (χ2n) is 5.45. The van der Waals surface area contributed by atoms with Crippen molar-refractivity contribution in [3.8, 4) is 11.4 Å². The van der Waals surface area contributed by atoms with E-state index in [-0.39, 0.29) is 5.54 Å². The molecule has 19 heavy (non-hydrogen) atoms. The molecule has 0 aliphatic rings. The number of H-pyrrole nitrogens is 1. The number of pyridine rings is 1. The van der Waals surface area contributed by atoms with E-state index in [1.807, 2.05) is 39.7 Å². The number of hydrogen-bond acceptors (Lipinski definition) is 3. The minimum atomic E-state index is -0.136. The SMILES string of the molecule is CC(C)(C)n1c(-c2cnn3ccccc23)n[nH]c1=S. The van der Waals surface area contributed by atoms with Crippen molar-refractivity contribution < 1.29 is 0 Å². The van der Waals surface area contributed by atoms with Crippen LogP contribution in [-0.2, 0) is 5.54 Å². The van der Waals surface area contributed by atoms with Crippen LogP contribution in [-0.4, -0.2) is 24.4 Å². The van der Waals surface area contributed by atoms with E-state index in [1.54, 1.807) is 0 Å². The summed E-state index contributed by atoms with van der Waals surface area (Å²) in [6.45, 7) is 6.31. The lowest BCUT2D eigenvalue weighted by Gasteiger charge is -2.22. The van der Waals surface area contributed by atoms with Crippen LogP contribution in [0, 0.1) is 4.77 Å². The van der Waals surface area contributed by atoms with Gasteiger partial charge in [-0.3, -0.25) is 9.67 Å². The molecule has 3 rings (SSSR count). The monoisotopic (exact) mass is 273 g/mol. The van der Waals surface area contributed by atoms with Gasteiger partial charge in [0, 0.05) is 11.7 Å². The van der Waals surface area contributed by atoms with Crippen molar-refractivity contribution in [2.75, 3.05) is 0 Å². The van der Waals surface area contributed by atoms with E-state index in [9.17, 15) is 0 Å². The highest BCUT2D eigenvalue weighted by Gasteiger charge is 2.22. The van der Waals surface area contributed by atoms with Crippen molar-refractivity contribution in [2.24, 2.45) is 0 Å². The van der Waals surface area contributed by atoms with Crippen LogP contribution in [0.15, 0.2) is 30.6 Å². The molecule has 5 nitrogen and oxygen atoms in total. The van der Waals surface area contributed by atoms with Crippen LogP contribution >= 0.6 is 12.2 Å². The molecule has 98 valence electrons. The van der Waals surface area contributed by atoms with Gasteiger partial charge in [0.05, 0.1) is 17.3 Å². The van der Waals surface area contributed by atoms with E-state index >= 15 is 0 Å². The molecule has 0 amide bonds. The van der Waals surface area contributed by atoms with Gasteiger partial charge < -0.3 is 0 Å². The van der Waals surface area contributed by atoms with Gasteiger partial charge in [-0.1, -0.05) is 6.07 Å². The summed E-state index contributed by atoms with van der Waals surface area (Å²) in [4.78, 5) is 0. The summed E-state index contributed by atoms with van der Waals surface area (Å²) < 4.78 is 4.48. The van der Waals surface area contributed by atoms with Crippen molar-refractivity contribution in [3.63, 3.8) is 0 Å². The van der Waals surface area contributed by atoms with Gasteiger partial charge in [0.15, 0.2) is 10.6 Å². The summed E-state index contributed by atoms with van der Waals surface area (Å²) in [7, 11) is 0. The van der Waals surface area contributed by atoms with Gasteiger partial charge in [-0.05, 0) is 45.1 Å². The predicted molar refractivity (Wildman–Crippen MR) is 76.6 cm³/mol. The fourth-order valence-corrected chi connectivity index (χ4v) is 2.61. The summed E-state index contributed by atoms with van der Waals surface area (Å²) in [6.07, 6.45) is 3.74. The van der Waals surface area contributed by atoms with Gasteiger partial charge in [-0.2, -0.15) is 10.2 Å². The van der Waals surface area contributed by atoms with Crippen LogP contribution in [0.5, 0.6) is 0 Å². The zero-order chi connectivity index (χ0) is 13.6. The maximum Gasteiger partial charge on any atom is 0.195 e. The summed E-state index contributed by atoms with van der Waals surface area (Å²) in [5, 5.41) is 11.6. The lowest BCUT2D eigenvalue weighted by atomic mass is 10.1. The van der Waals surface area contributed by atoms with Gasteiger partial charge in [-0.15, -0.1) is 0 Å². The van der Waals surface area contributed by atoms with Crippen molar-refractivity contribution in [1.29, 1.82) is 0 Å². The quantitative estimate of drug-likeness (QED) is 0.693. The fourth-order valence-electron chi connectivity index (χ4n) is 2.21. The van der Waals surface area contributed by atoms with Gasteiger partial charge in [0.1, 0.15) is 0 Å². The highest BCUT2D eigenvalue weighted by molar-refractivity contribution is 7.71. The lowest BCUT2D eigenvalue weighted by Crippen LogP contribution is -2.22. The summed E-state index contributed by atoms with van der Waals surface area (Å²) in [5.74, 6) is 0.818. The van der Waals surface area contributed by atoms with Crippen LogP contribution in [0.2, 0.25) is 0 Å². The van der Waals surface area contributed by atoms with E-state index in [4.69, 9.17) is 12.2 Å². The number of nitrogens with zero attached hydrogens (tertiary/aromatic N) is 4. The third-order valence-corrected chi connectivity index (χ3v) is 3.28. The Morgan fingerprint density at radius 2 is 2.05 bits per heavy atom. The van der Waals surface area contributed by atoms with Gasteiger partial charge in [-0.25, -0.2) is 4.52 Å². The third kappa shape index (κ3) is 1.88. The summed E-state index contributed by atoms with van der Waals surface area (Å²) in [5.41, 5.74) is 1.85. The van der Waals surface area contributed by atoms with Crippen LogP contribution < -0.4 is 0 Å². The van der Waals surface area contributed by atoms with Crippen molar-refractivity contribution in [1.82, 2.24) is 24.4 Å². The van der Waals surface area contributed by atoms with E-state index in [1.165, 1.54) is 0 Å². The molecule has 0 aliphatic carbocycles. The Labute approximate surface area is 115 Å². The summed E-state index contributed by atoms with van der Waals surface area (Å²) >= 11 is 5.34. The Kier molecular flexibility index (Phi) is 2.56. The molecular formula is C13H15N5S. The van der Waals surface area contributed by atoms with Crippen LogP contribution in [0.25, 0.3) is 16.9 Å². The van der Waals surface area contributed by atoms with Gasteiger partial charge in [0.2, 0.25) is 0 Å². The average molecular weight is 273 g/mol. The van der Waals surface area contributed by atoms with E-state index < -0.39 is 0 Å². The van der Waals surface area contributed by atoms with Crippen LogP contribution in [0.3, 0.4) is 0 Å². The first-order chi connectivity index (χ1) is 8.98. The predicted octanol–water partition coefficient (Wildman–Crippen LogP) is 3.01. The van der Waals surface area contributed by atoms with E-state index in [2.05, 4.69) is 36.1 Å². The second-order valence-corrected chi connectivity index (χ2v) is 5.83. The smallest absolute Gasteiger partial charge is 0.195 e.